The Bertz CT molecular complexity index is 1530. The van der Waals surface area contributed by atoms with Crippen LogP contribution in [-0.4, -0.2) is 76.8 Å². The van der Waals surface area contributed by atoms with E-state index in [1.165, 1.54) is 38.8 Å². The lowest BCUT2D eigenvalue weighted by molar-refractivity contribution is -0.253. The minimum atomic E-state index is -0.531. The maximum atomic E-state index is 12.3. The second kappa shape index (κ2) is 17.3. The van der Waals surface area contributed by atoms with Gasteiger partial charge >= 0.3 is 0 Å². The van der Waals surface area contributed by atoms with Gasteiger partial charge in [-0.05, 0) is 91.7 Å². The highest BCUT2D eigenvalue weighted by Gasteiger charge is 2.36. The Hall–Kier alpha value is -3.64. The quantitative estimate of drug-likeness (QED) is 0.136. The van der Waals surface area contributed by atoms with Crippen molar-refractivity contribution < 1.29 is 29.4 Å². The Balaban J connectivity index is 1.15. The highest BCUT2D eigenvalue weighted by atomic mass is 16.7. The van der Waals surface area contributed by atoms with Crippen LogP contribution in [0, 0.1) is 0 Å². The molecule has 262 valence electrons. The average Bonchev–Trinajstić information content (AvgIpc) is 3.83. The highest BCUT2D eigenvalue weighted by molar-refractivity contribution is 5.78. The summed E-state index contributed by atoms with van der Waals surface area (Å²) in [5.74, 6) is -0.640. The van der Waals surface area contributed by atoms with Crippen LogP contribution < -0.4 is 10.8 Å². The fourth-order valence-electron chi connectivity index (χ4n) is 7.38. The second-order valence-corrected chi connectivity index (χ2v) is 13.6. The third-order valence-corrected chi connectivity index (χ3v) is 10.1. The molecule has 4 N–H and O–H groups in total. The lowest BCUT2D eigenvalue weighted by Gasteiger charge is -2.39. The zero-order chi connectivity index (χ0) is 34.0. The molecule has 2 amide bonds. The lowest BCUT2D eigenvalue weighted by atomic mass is 9.98. The molecule has 4 atom stereocenters. The molecule has 0 aliphatic carbocycles. The van der Waals surface area contributed by atoms with Gasteiger partial charge in [-0.2, -0.15) is 0 Å². The molecule has 3 saturated heterocycles. The van der Waals surface area contributed by atoms with Crippen LogP contribution in [-0.2, 0) is 32.2 Å². The molecule has 0 saturated carbocycles. The first kappa shape index (κ1) is 35.2. The zero-order valence-electron chi connectivity index (χ0n) is 28.3. The number of nitrogens with one attached hydrogen (secondary N) is 2. The van der Waals surface area contributed by atoms with Gasteiger partial charge in [0.05, 0.1) is 18.8 Å². The number of rotatable bonds is 14. The van der Waals surface area contributed by atoms with E-state index in [0.717, 1.165) is 59.4 Å². The zero-order valence-corrected chi connectivity index (χ0v) is 28.3. The Morgan fingerprint density at radius 3 is 2.33 bits per heavy atom. The average molecular weight is 671 g/mol. The number of hydrogen-bond donors (Lipinski definition) is 4. The van der Waals surface area contributed by atoms with Gasteiger partial charge in [0.2, 0.25) is 11.8 Å². The molecule has 10 heteroatoms. The van der Waals surface area contributed by atoms with Gasteiger partial charge in [-0.1, -0.05) is 60.7 Å². The summed E-state index contributed by atoms with van der Waals surface area (Å²) in [4.78, 5) is 28.8. The van der Waals surface area contributed by atoms with Crippen molar-refractivity contribution >= 4 is 11.8 Å². The molecule has 3 heterocycles. The van der Waals surface area contributed by atoms with E-state index in [1.54, 1.807) is 5.48 Å². The Morgan fingerprint density at radius 1 is 0.796 bits per heavy atom. The van der Waals surface area contributed by atoms with Crippen LogP contribution in [0.15, 0.2) is 72.8 Å². The number of amides is 2. The number of ether oxygens (including phenoxy) is 2. The van der Waals surface area contributed by atoms with Crippen molar-refractivity contribution in [2.75, 3.05) is 32.7 Å². The van der Waals surface area contributed by atoms with Gasteiger partial charge in [-0.3, -0.25) is 19.7 Å². The smallest absolute Gasteiger partial charge is 0.243 e. The maximum Gasteiger partial charge on any atom is 0.243 e. The van der Waals surface area contributed by atoms with E-state index in [4.69, 9.17) is 14.7 Å². The Kier molecular flexibility index (Phi) is 12.5. The number of likely N-dealkylation sites (tertiary alicyclic amines) is 2. The molecule has 3 aromatic carbocycles. The number of hydroxylamine groups is 1. The number of aliphatic hydroxyl groups is 1. The van der Waals surface area contributed by atoms with Crippen molar-refractivity contribution in [1.82, 2.24) is 20.6 Å². The molecule has 3 aliphatic rings. The molecule has 0 spiro atoms. The monoisotopic (exact) mass is 670 g/mol. The summed E-state index contributed by atoms with van der Waals surface area (Å²) in [6, 6.07) is 25.0. The molecule has 0 radical (unpaired) electrons. The fourth-order valence-corrected chi connectivity index (χ4v) is 7.38. The number of carbonyl (C=O) groups excluding carboxylic acids is 2. The molecule has 0 aromatic heterocycles. The third-order valence-electron chi connectivity index (χ3n) is 10.1. The summed E-state index contributed by atoms with van der Waals surface area (Å²) >= 11 is 0. The second-order valence-electron chi connectivity index (χ2n) is 13.6. The van der Waals surface area contributed by atoms with E-state index in [0.29, 0.717) is 19.0 Å². The topological polar surface area (TPSA) is 124 Å². The third kappa shape index (κ3) is 9.75. The van der Waals surface area contributed by atoms with Crippen LogP contribution in [0.1, 0.15) is 86.0 Å². The van der Waals surface area contributed by atoms with E-state index in [-0.39, 0.29) is 37.6 Å². The van der Waals surface area contributed by atoms with Crippen molar-refractivity contribution in [3.8, 4) is 11.1 Å². The van der Waals surface area contributed by atoms with E-state index < -0.39 is 12.2 Å². The van der Waals surface area contributed by atoms with Crippen LogP contribution in [0.25, 0.3) is 11.1 Å². The van der Waals surface area contributed by atoms with Gasteiger partial charge in [0.1, 0.15) is 0 Å². The summed E-state index contributed by atoms with van der Waals surface area (Å²) in [6.07, 6.45) is 5.86. The molecule has 3 aliphatic heterocycles. The standard InChI is InChI=1S/C39H50N4O6/c44-27-28-14-16-30(17-15-28)36-23-35(26-43-20-6-11-34(43)25-42-18-1-2-19-42)48-39(49-36)33-10-4-9-32(22-33)31-8-3-7-29(21-31)24-40-37(45)12-5-13-38(46)41-47/h3-4,7-10,14-17,21-22,34-36,39,44,47H,1-2,5-6,11-13,18-20,23-27H2,(H,40,45)(H,41,46)/t34-,35-,36+,39+/m0/s1. The molecule has 6 rings (SSSR count). The van der Waals surface area contributed by atoms with Crippen molar-refractivity contribution in [2.45, 2.75) is 89.1 Å². The van der Waals surface area contributed by atoms with Crippen molar-refractivity contribution in [2.24, 2.45) is 0 Å². The maximum absolute atomic E-state index is 12.3. The molecular weight excluding hydrogens is 620 g/mol. The number of benzene rings is 3. The van der Waals surface area contributed by atoms with Gasteiger partial charge in [0, 0.05) is 50.5 Å². The Labute approximate surface area is 289 Å². The van der Waals surface area contributed by atoms with E-state index in [2.05, 4.69) is 57.6 Å². The van der Waals surface area contributed by atoms with Crippen LogP contribution in [0.3, 0.4) is 0 Å². The summed E-state index contributed by atoms with van der Waals surface area (Å²) in [7, 11) is 0. The Morgan fingerprint density at radius 2 is 1.55 bits per heavy atom. The summed E-state index contributed by atoms with van der Waals surface area (Å²) in [5.41, 5.74) is 7.54. The molecule has 3 aromatic rings. The normalized spacial score (nSPS) is 23.1. The van der Waals surface area contributed by atoms with Gasteiger partial charge in [-0.25, -0.2) is 5.48 Å². The van der Waals surface area contributed by atoms with Gasteiger partial charge < -0.3 is 24.8 Å². The molecule has 3 fully saturated rings. The molecular formula is C39H50N4O6. The molecule has 0 unspecified atom stereocenters. The van der Waals surface area contributed by atoms with Crippen molar-refractivity contribution in [1.29, 1.82) is 0 Å². The first-order chi connectivity index (χ1) is 24.0. The summed E-state index contributed by atoms with van der Waals surface area (Å²) in [6.45, 7) is 5.95. The van der Waals surface area contributed by atoms with Crippen LogP contribution in [0.5, 0.6) is 0 Å². The summed E-state index contributed by atoms with van der Waals surface area (Å²) < 4.78 is 13.5. The van der Waals surface area contributed by atoms with E-state index in [9.17, 15) is 14.7 Å². The van der Waals surface area contributed by atoms with Crippen LogP contribution >= 0.6 is 0 Å². The summed E-state index contributed by atoms with van der Waals surface area (Å²) in [5, 5.41) is 21.2. The first-order valence-corrected chi connectivity index (χ1v) is 17.8. The first-order valence-electron chi connectivity index (χ1n) is 17.8. The van der Waals surface area contributed by atoms with Crippen LogP contribution in [0.2, 0.25) is 0 Å². The van der Waals surface area contributed by atoms with E-state index in [1.807, 2.05) is 30.3 Å². The molecule has 49 heavy (non-hydrogen) atoms. The SMILES string of the molecule is O=C(CCCC(=O)NCc1cccc(-c2cccc([C@@H]3O[C@H](CN4CCC[C@H]4CN4CCCC4)C[C@H](c4ccc(CO)cc4)O3)c2)c1)NO. The van der Waals surface area contributed by atoms with Gasteiger partial charge in [-0.15, -0.1) is 0 Å². The lowest BCUT2D eigenvalue weighted by Crippen LogP contribution is -2.45. The van der Waals surface area contributed by atoms with Crippen molar-refractivity contribution in [3.63, 3.8) is 0 Å². The highest BCUT2D eigenvalue weighted by Crippen LogP contribution is 2.39. The minimum Gasteiger partial charge on any atom is -0.392 e. The fraction of sp³-hybridized carbons (Fsp3) is 0.487. The molecule has 0 bridgehead atoms. The predicted molar refractivity (Wildman–Crippen MR) is 186 cm³/mol. The number of carbonyl (C=O) groups is 2. The van der Waals surface area contributed by atoms with Crippen LogP contribution in [0.4, 0.5) is 0 Å². The minimum absolute atomic E-state index is 0.00839. The van der Waals surface area contributed by atoms with Gasteiger partial charge in [0.25, 0.3) is 0 Å². The number of nitrogens with zero attached hydrogens (tertiary/aromatic N) is 2. The van der Waals surface area contributed by atoms with Gasteiger partial charge in [0.15, 0.2) is 6.29 Å². The number of hydrogen-bond acceptors (Lipinski definition) is 8. The molecule has 10 nitrogen and oxygen atoms in total. The number of aliphatic hydroxyl groups excluding tert-OH is 1. The largest absolute Gasteiger partial charge is 0.392 e. The van der Waals surface area contributed by atoms with Crippen molar-refractivity contribution in [3.05, 3.63) is 95.1 Å². The predicted octanol–water partition coefficient (Wildman–Crippen LogP) is 5.24. The van der Waals surface area contributed by atoms with E-state index >= 15 is 0 Å².